The Morgan fingerprint density at radius 3 is 2.54 bits per heavy atom. The zero-order chi connectivity index (χ0) is 17.1. The summed E-state index contributed by atoms with van der Waals surface area (Å²) >= 11 is 0. The topological polar surface area (TPSA) is 62.4 Å². The van der Waals surface area contributed by atoms with Crippen LogP contribution in [0.3, 0.4) is 0 Å². The van der Waals surface area contributed by atoms with E-state index < -0.39 is 11.1 Å². The van der Waals surface area contributed by atoms with Crippen LogP contribution in [-0.4, -0.2) is 22.6 Å². The standard InChI is InChI=1S/C20H16N2O2/c1-12-9-19(3)10-13(2)20(18(12)23)17(22-19)15(11-21)16(24-20)14-7-5-4-6-8-14/h4-10H,1-3H3/t19-,20-/m0/s1. The highest BCUT2D eigenvalue weighted by atomic mass is 16.5. The molecule has 0 aromatic heterocycles. The largest absolute Gasteiger partial charge is 0.466 e. The summed E-state index contributed by atoms with van der Waals surface area (Å²) in [7, 11) is 0. The van der Waals surface area contributed by atoms with Crippen molar-refractivity contribution in [3.05, 3.63) is 64.8 Å². The highest BCUT2D eigenvalue weighted by Gasteiger charge is 2.59. The number of nitriles is 1. The molecule has 0 N–H and O–H groups in total. The molecule has 1 spiro atoms. The van der Waals surface area contributed by atoms with E-state index in [9.17, 15) is 10.1 Å². The number of Topliss-reactive ketones (excluding diaryl/α,β-unsaturated/α-hetero) is 1. The molecule has 1 aromatic rings. The molecule has 2 atom stereocenters. The fourth-order valence-electron chi connectivity index (χ4n) is 3.84. The first-order valence-electron chi connectivity index (χ1n) is 7.85. The first kappa shape index (κ1) is 14.6. The SMILES string of the molecule is CC1=C[C@@]2(C)C=C(C)[C@@]3(OC(c4ccccc4)=C(C#N)C3=N2)C1=O. The number of aliphatic imine (C=N–C) groups is 1. The second-order valence-electron chi connectivity index (χ2n) is 6.64. The van der Waals surface area contributed by atoms with Gasteiger partial charge in [-0.05, 0) is 44.1 Å². The average molecular weight is 316 g/mol. The minimum absolute atomic E-state index is 0.144. The Morgan fingerprint density at radius 1 is 1.17 bits per heavy atom. The maximum absolute atomic E-state index is 13.1. The van der Waals surface area contributed by atoms with Crippen molar-refractivity contribution in [3.63, 3.8) is 0 Å². The van der Waals surface area contributed by atoms with E-state index in [4.69, 9.17) is 9.73 Å². The number of ether oxygens (including phenoxy) is 1. The van der Waals surface area contributed by atoms with Crippen molar-refractivity contribution in [2.45, 2.75) is 31.9 Å². The van der Waals surface area contributed by atoms with Crippen molar-refractivity contribution in [3.8, 4) is 6.07 Å². The normalized spacial score (nSPS) is 30.8. The van der Waals surface area contributed by atoms with E-state index in [1.807, 2.05) is 56.3 Å². The van der Waals surface area contributed by atoms with E-state index in [-0.39, 0.29) is 5.78 Å². The molecular weight excluding hydrogens is 300 g/mol. The van der Waals surface area contributed by atoms with Gasteiger partial charge >= 0.3 is 0 Å². The lowest BCUT2D eigenvalue weighted by Crippen LogP contribution is -2.49. The average Bonchev–Trinajstić information content (AvgIpc) is 2.83. The van der Waals surface area contributed by atoms with Gasteiger partial charge in [-0.25, -0.2) is 0 Å². The zero-order valence-electron chi connectivity index (χ0n) is 13.8. The van der Waals surface area contributed by atoms with Gasteiger partial charge in [0.1, 0.15) is 23.1 Å². The summed E-state index contributed by atoms with van der Waals surface area (Å²) in [5, 5.41) is 9.76. The molecule has 1 aliphatic carbocycles. The molecule has 24 heavy (non-hydrogen) atoms. The molecule has 4 aliphatic rings. The van der Waals surface area contributed by atoms with Crippen molar-refractivity contribution >= 4 is 17.3 Å². The number of dihydropyridines is 1. The van der Waals surface area contributed by atoms with Gasteiger partial charge in [0.15, 0.2) is 0 Å². The zero-order valence-corrected chi connectivity index (χ0v) is 13.8. The lowest BCUT2D eigenvalue weighted by Gasteiger charge is -2.33. The number of hydrogen-bond acceptors (Lipinski definition) is 4. The van der Waals surface area contributed by atoms with E-state index in [0.717, 1.165) is 11.1 Å². The fourth-order valence-corrected chi connectivity index (χ4v) is 3.84. The van der Waals surface area contributed by atoms with Crippen LogP contribution in [0.15, 0.2) is 64.2 Å². The molecule has 3 heterocycles. The highest BCUT2D eigenvalue weighted by Crippen LogP contribution is 2.49. The Balaban J connectivity index is 2.02. The molecule has 5 rings (SSSR count). The van der Waals surface area contributed by atoms with E-state index in [1.165, 1.54) is 0 Å². The Labute approximate surface area is 140 Å². The van der Waals surface area contributed by atoms with Crippen LogP contribution in [0.5, 0.6) is 0 Å². The molecule has 4 heteroatoms. The van der Waals surface area contributed by atoms with Crippen LogP contribution >= 0.6 is 0 Å². The molecule has 0 saturated carbocycles. The van der Waals surface area contributed by atoms with Crippen LogP contribution in [0.4, 0.5) is 0 Å². The van der Waals surface area contributed by atoms with Gasteiger partial charge in [-0.15, -0.1) is 0 Å². The third-order valence-corrected chi connectivity index (χ3v) is 4.80. The molecule has 118 valence electrons. The number of ketones is 1. The summed E-state index contributed by atoms with van der Waals surface area (Å²) in [5.41, 5.74) is 1.02. The molecule has 2 bridgehead atoms. The Hall–Kier alpha value is -2.93. The molecule has 4 nitrogen and oxygen atoms in total. The van der Waals surface area contributed by atoms with Crippen molar-refractivity contribution < 1.29 is 9.53 Å². The predicted molar refractivity (Wildman–Crippen MR) is 91.2 cm³/mol. The molecular formula is C20H16N2O2. The van der Waals surface area contributed by atoms with Gasteiger partial charge < -0.3 is 4.74 Å². The second-order valence-corrected chi connectivity index (χ2v) is 6.64. The number of rotatable bonds is 1. The lowest BCUT2D eigenvalue weighted by molar-refractivity contribution is -0.124. The number of nitrogens with zero attached hydrogens (tertiary/aromatic N) is 2. The summed E-state index contributed by atoms with van der Waals surface area (Å²) in [5.74, 6) is 0.284. The lowest BCUT2D eigenvalue weighted by atomic mass is 9.79. The third-order valence-electron chi connectivity index (χ3n) is 4.80. The predicted octanol–water partition coefficient (Wildman–Crippen LogP) is 3.38. The van der Waals surface area contributed by atoms with Crippen molar-refractivity contribution in [2.24, 2.45) is 4.99 Å². The highest BCUT2D eigenvalue weighted by molar-refractivity contribution is 6.33. The van der Waals surface area contributed by atoms with E-state index >= 15 is 0 Å². The van der Waals surface area contributed by atoms with E-state index in [2.05, 4.69) is 6.07 Å². The van der Waals surface area contributed by atoms with Crippen LogP contribution in [-0.2, 0) is 9.53 Å². The maximum atomic E-state index is 13.1. The Morgan fingerprint density at radius 2 is 1.88 bits per heavy atom. The summed E-state index contributed by atoms with van der Waals surface area (Å²) in [6.07, 6.45) is 3.80. The second kappa shape index (κ2) is 4.55. The first-order valence-corrected chi connectivity index (χ1v) is 7.85. The quantitative estimate of drug-likeness (QED) is 0.746. The number of benzene rings is 1. The maximum Gasteiger partial charge on any atom is 0.235 e. The van der Waals surface area contributed by atoms with Gasteiger partial charge in [-0.2, -0.15) is 5.26 Å². The monoisotopic (exact) mass is 316 g/mol. The van der Waals surface area contributed by atoms with Gasteiger partial charge in [0.2, 0.25) is 11.4 Å². The molecule has 0 amide bonds. The number of fused-ring (bicyclic) bond motifs is 1. The van der Waals surface area contributed by atoms with E-state index in [0.29, 0.717) is 22.6 Å². The minimum atomic E-state index is -1.30. The first-order chi connectivity index (χ1) is 11.4. The summed E-state index contributed by atoms with van der Waals surface area (Å²) < 4.78 is 6.22. The molecule has 0 unspecified atom stereocenters. The van der Waals surface area contributed by atoms with Crippen molar-refractivity contribution in [1.82, 2.24) is 0 Å². The van der Waals surface area contributed by atoms with E-state index in [1.54, 1.807) is 6.92 Å². The third kappa shape index (κ3) is 1.67. The smallest absolute Gasteiger partial charge is 0.235 e. The number of hydrogen-bond donors (Lipinski definition) is 0. The van der Waals surface area contributed by atoms with Gasteiger partial charge in [-0.3, -0.25) is 9.79 Å². The molecule has 0 saturated heterocycles. The van der Waals surface area contributed by atoms with Gasteiger partial charge in [0.05, 0.1) is 5.54 Å². The summed E-state index contributed by atoms with van der Waals surface area (Å²) in [4.78, 5) is 17.9. The van der Waals surface area contributed by atoms with Gasteiger partial charge in [-0.1, -0.05) is 30.3 Å². The van der Waals surface area contributed by atoms with Crippen LogP contribution in [0.25, 0.3) is 5.76 Å². The van der Waals surface area contributed by atoms with Crippen LogP contribution in [0, 0.1) is 11.3 Å². The molecule has 3 aliphatic heterocycles. The summed E-state index contributed by atoms with van der Waals surface area (Å²) in [6.45, 7) is 5.59. The van der Waals surface area contributed by atoms with Crippen molar-refractivity contribution in [1.29, 1.82) is 5.26 Å². The van der Waals surface area contributed by atoms with Gasteiger partial charge in [0, 0.05) is 5.56 Å². The molecule has 1 aromatic carbocycles. The molecule has 0 radical (unpaired) electrons. The van der Waals surface area contributed by atoms with Crippen LogP contribution in [0.2, 0.25) is 0 Å². The Bertz CT molecular complexity index is 944. The van der Waals surface area contributed by atoms with Crippen LogP contribution in [0.1, 0.15) is 26.3 Å². The number of carbonyl (C=O) groups is 1. The Kier molecular flexibility index (Phi) is 2.77. The van der Waals surface area contributed by atoms with Crippen LogP contribution < -0.4 is 0 Å². The fraction of sp³-hybridized carbons (Fsp3) is 0.250. The minimum Gasteiger partial charge on any atom is -0.466 e. The van der Waals surface area contributed by atoms with Crippen molar-refractivity contribution in [2.75, 3.05) is 0 Å². The number of carbonyl (C=O) groups excluding carboxylic acids is 1. The molecule has 0 fully saturated rings. The van der Waals surface area contributed by atoms with Gasteiger partial charge in [0.25, 0.3) is 0 Å². The summed E-state index contributed by atoms with van der Waals surface area (Å²) in [6, 6.07) is 11.6.